The van der Waals surface area contributed by atoms with Crippen molar-refractivity contribution in [2.45, 2.75) is 6.61 Å². The Hall–Kier alpha value is -0.980. The van der Waals surface area contributed by atoms with Crippen molar-refractivity contribution in [2.24, 2.45) is 0 Å². The number of hydrogen-bond donors (Lipinski definition) is 1. The van der Waals surface area contributed by atoms with Gasteiger partial charge in [-0.3, -0.25) is 0 Å². The maximum Gasteiger partial charge on any atom is 0.224 e. The number of aliphatic hydroxyl groups excluding tert-OH is 1. The highest BCUT2D eigenvalue weighted by Gasteiger charge is 2.09. The molecule has 0 saturated carbocycles. The number of pyridine rings is 1. The number of nitrogens with zero attached hydrogens (tertiary/aromatic N) is 1. The van der Waals surface area contributed by atoms with Crippen LogP contribution in [0.1, 0.15) is 5.56 Å². The van der Waals surface area contributed by atoms with Gasteiger partial charge in [0.05, 0.1) is 11.1 Å². The third-order valence-electron chi connectivity index (χ3n) is 2.16. The summed E-state index contributed by atoms with van der Waals surface area (Å²) in [5.74, 6) is 0.356. The minimum absolute atomic E-state index is 0.194. The molecule has 0 atom stereocenters. The van der Waals surface area contributed by atoms with E-state index in [4.69, 9.17) is 4.74 Å². The molecule has 0 unspecified atom stereocenters. The molecule has 0 amide bonds. The standard InChI is InChI=1S/C12H8Br2FNO2/c13-8-3-7(6-17)12(16-5-8)18-11-2-1-9(15)4-10(11)14/h1-5,17H,6H2. The predicted molar refractivity (Wildman–Crippen MR) is 72.0 cm³/mol. The van der Waals surface area contributed by atoms with Gasteiger partial charge in [0.2, 0.25) is 5.88 Å². The summed E-state index contributed by atoms with van der Waals surface area (Å²) in [5.41, 5.74) is 0.542. The Morgan fingerprint density at radius 2 is 2.06 bits per heavy atom. The monoisotopic (exact) mass is 375 g/mol. The van der Waals surface area contributed by atoms with Gasteiger partial charge in [0.25, 0.3) is 0 Å². The van der Waals surface area contributed by atoms with E-state index in [-0.39, 0.29) is 18.3 Å². The molecule has 2 aromatic rings. The van der Waals surface area contributed by atoms with E-state index in [1.54, 1.807) is 12.3 Å². The minimum Gasteiger partial charge on any atom is -0.437 e. The molecule has 0 bridgehead atoms. The predicted octanol–water partition coefficient (Wildman–Crippen LogP) is 4.03. The molecule has 3 nitrogen and oxygen atoms in total. The first-order valence-electron chi connectivity index (χ1n) is 4.98. The number of hydrogen-bond acceptors (Lipinski definition) is 3. The van der Waals surface area contributed by atoms with E-state index in [0.717, 1.165) is 4.47 Å². The number of aromatic nitrogens is 1. The molecule has 0 aliphatic heterocycles. The molecular weight excluding hydrogens is 369 g/mol. The molecule has 0 radical (unpaired) electrons. The fourth-order valence-corrected chi connectivity index (χ4v) is 2.15. The van der Waals surface area contributed by atoms with Crippen LogP contribution in [0.2, 0.25) is 0 Å². The van der Waals surface area contributed by atoms with E-state index < -0.39 is 0 Å². The van der Waals surface area contributed by atoms with Crippen molar-refractivity contribution < 1.29 is 14.2 Å². The largest absolute Gasteiger partial charge is 0.437 e. The van der Waals surface area contributed by atoms with Gasteiger partial charge in [-0.2, -0.15) is 0 Å². The van der Waals surface area contributed by atoms with Crippen molar-refractivity contribution in [3.05, 3.63) is 50.8 Å². The lowest BCUT2D eigenvalue weighted by atomic mass is 10.3. The van der Waals surface area contributed by atoms with Gasteiger partial charge in [-0.05, 0) is 56.1 Å². The molecule has 0 fully saturated rings. The van der Waals surface area contributed by atoms with Crippen molar-refractivity contribution in [1.29, 1.82) is 0 Å². The van der Waals surface area contributed by atoms with E-state index in [1.807, 2.05) is 0 Å². The second kappa shape index (κ2) is 5.77. The number of ether oxygens (including phenoxy) is 1. The summed E-state index contributed by atoms with van der Waals surface area (Å²) in [6.45, 7) is -0.194. The van der Waals surface area contributed by atoms with Gasteiger partial charge in [-0.1, -0.05) is 0 Å². The van der Waals surface area contributed by atoms with Gasteiger partial charge in [0.15, 0.2) is 0 Å². The van der Waals surface area contributed by atoms with E-state index in [0.29, 0.717) is 15.8 Å². The van der Waals surface area contributed by atoms with Crippen LogP contribution in [-0.4, -0.2) is 10.1 Å². The highest BCUT2D eigenvalue weighted by atomic mass is 79.9. The van der Waals surface area contributed by atoms with Gasteiger partial charge in [-0.25, -0.2) is 9.37 Å². The Morgan fingerprint density at radius 1 is 1.28 bits per heavy atom. The molecule has 2 rings (SSSR count). The Morgan fingerprint density at radius 3 is 2.72 bits per heavy atom. The molecule has 1 aromatic carbocycles. The second-order valence-corrected chi connectivity index (χ2v) is 5.22. The van der Waals surface area contributed by atoms with Crippen LogP contribution in [0.5, 0.6) is 11.6 Å². The molecule has 0 spiro atoms. The summed E-state index contributed by atoms with van der Waals surface area (Å²) in [6, 6.07) is 5.79. The number of halogens is 3. The van der Waals surface area contributed by atoms with Gasteiger partial charge in [0.1, 0.15) is 11.6 Å². The minimum atomic E-state index is -0.361. The second-order valence-electron chi connectivity index (χ2n) is 3.45. The molecule has 0 aliphatic rings. The highest BCUT2D eigenvalue weighted by molar-refractivity contribution is 9.10. The van der Waals surface area contributed by atoms with E-state index in [1.165, 1.54) is 18.2 Å². The summed E-state index contributed by atoms with van der Waals surface area (Å²) in [7, 11) is 0. The van der Waals surface area contributed by atoms with Crippen molar-refractivity contribution >= 4 is 31.9 Å². The van der Waals surface area contributed by atoms with E-state index in [9.17, 15) is 9.50 Å². The van der Waals surface area contributed by atoms with Crippen LogP contribution in [-0.2, 0) is 6.61 Å². The lowest BCUT2D eigenvalue weighted by Gasteiger charge is -2.10. The molecular formula is C12H8Br2FNO2. The van der Waals surface area contributed by atoms with Crippen LogP contribution >= 0.6 is 31.9 Å². The van der Waals surface area contributed by atoms with E-state index in [2.05, 4.69) is 36.8 Å². The molecule has 94 valence electrons. The zero-order valence-corrected chi connectivity index (χ0v) is 12.2. The molecule has 6 heteroatoms. The first-order valence-corrected chi connectivity index (χ1v) is 6.57. The third-order valence-corrected chi connectivity index (χ3v) is 3.22. The summed E-state index contributed by atoms with van der Waals surface area (Å²) >= 11 is 6.46. The molecule has 1 N–H and O–H groups in total. The molecule has 1 aromatic heterocycles. The Balaban J connectivity index is 2.33. The smallest absolute Gasteiger partial charge is 0.224 e. The van der Waals surface area contributed by atoms with Crippen LogP contribution in [0.25, 0.3) is 0 Å². The van der Waals surface area contributed by atoms with Crippen LogP contribution in [0.3, 0.4) is 0 Å². The molecule has 0 saturated heterocycles. The fraction of sp³-hybridized carbons (Fsp3) is 0.0833. The number of benzene rings is 1. The van der Waals surface area contributed by atoms with Crippen LogP contribution in [0.4, 0.5) is 4.39 Å². The van der Waals surface area contributed by atoms with Crippen molar-refractivity contribution in [3.63, 3.8) is 0 Å². The zero-order valence-electron chi connectivity index (χ0n) is 9.03. The maximum absolute atomic E-state index is 12.9. The molecule has 1 heterocycles. The van der Waals surface area contributed by atoms with Crippen molar-refractivity contribution in [3.8, 4) is 11.6 Å². The lowest BCUT2D eigenvalue weighted by molar-refractivity contribution is 0.275. The quantitative estimate of drug-likeness (QED) is 0.879. The SMILES string of the molecule is OCc1cc(Br)cnc1Oc1ccc(F)cc1Br. The van der Waals surface area contributed by atoms with Crippen molar-refractivity contribution in [1.82, 2.24) is 4.98 Å². The van der Waals surface area contributed by atoms with Gasteiger partial charge in [0, 0.05) is 16.2 Å². The highest BCUT2D eigenvalue weighted by Crippen LogP contribution is 2.31. The topological polar surface area (TPSA) is 42.4 Å². The first kappa shape index (κ1) is 13.5. The molecule has 18 heavy (non-hydrogen) atoms. The lowest BCUT2D eigenvalue weighted by Crippen LogP contribution is -1.95. The Bertz CT molecular complexity index is 578. The zero-order chi connectivity index (χ0) is 13.1. The molecule has 0 aliphatic carbocycles. The summed E-state index contributed by atoms with van der Waals surface area (Å²) < 4.78 is 19.7. The van der Waals surface area contributed by atoms with Crippen LogP contribution < -0.4 is 4.74 Å². The van der Waals surface area contributed by atoms with Crippen LogP contribution in [0.15, 0.2) is 39.4 Å². The van der Waals surface area contributed by atoms with Gasteiger partial charge < -0.3 is 9.84 Å². The Labute approximate surface area is 120 Å². The number of aliphatic hydroxyl groups is 1. The van der Waals surface area contributed by atoms with Crippen LogP contribution in [0, 0.1) is 5.82 Å². The van der Waals surface area contributed by atoms with E-state index >= 15 is 0 Å². The average Bonchev–Trinajstić information content (AvgIpc) is 2.34. The summed E-state index contributed by atoms with van der Waals surface area (Å²) in [5, 5.41) is 9.22. The fourth-order valence-electron chi connectivity index (χ4n) is 1.34. The maximum atomic E-state index is 12.9. The Kier molecular flexibility index (Phi) is 4.31. The first-order chi connectivity index (χ1) is 8.60. The number of rotatable bonds is 3. The summed E-state index contributed by atoms with van der Waals surface area (Å²) in [6.07, 6.45) is 1.56. The normalized spacial score (nSPS) is 10.4. The average molecular weight is 377 g/mol. The van der Waals surface area contributed by atoms with Crippen molar-refractivity contribution in [2.75, 3.05) is 0 Å². The third kappa shape index (κ3) is 3.07. The summed E-state index contributed by atoms with van der Waals surface area (Å²) in [4.78, 5) is 4.06. The van der Waals surface area contributed by atoms with Gasteiger partial charge >= 0.3 is 0 Å². The van der Waals surface area contributed by atoms with Gasteiger partial charge in [-0.15, -0.1) is 0 Å².